The zero-order valence-electron chi connectivity index (χ0n) is 16.5. The summed E-state index contributed by atoms with van der Waals surface area (Å²) in [6, 6.07) is 0. The Balaban J connectivity index is 2.18. The average Bonchev–Trinajstić information content (AvgIpc) is 2.45. The van der Waals surface area contributed by atoms with Gasteiger partial charge in [0.15, 0.2) is 0 Å². The molecule has 0 spiro atoms. The number of hydrogen-bond donors (Lipinski definition) is 0. The predicted octanol–water partition coefficient (Wildman–Crippen LogP) is 5.65. The second-order valence-corrected chi connectivity index (χ2v) is 15.1. The van der Waals surface area contributed by atoms with E-state index in [-0.39, 0.29) is 23.0 Å². The highest BCUT2D eigenvalue weighted by atomic mass is 32.5. The topological polar surface area (TPSA) is 46.2 Å². The molecule has 25 heavy (non-hydrogen) atoms. The zero-order valence-corrected chi connectivity index (χ0v) is 19.9. The van der Waals surface area contributed by atoms with Gasteiger partial charge < -0.3 is 18.1 Å². The summed E-state index contributed by atoms with van der Waals surface area (Å²) in [6.07, 6.45) is -0.119. The highest BCUT2D eigenvalue weighted by molar-refractivity contribution is 8.14. The highest BCUT2D eigenvalue weighted by Crippen LogP contribution is 2.72. The third kappa shape index (κ3) is 5.13. The minimum atomic E-state index is -3.01. The Morgan fingerprint density at radius 2 is 1.12 bits per heavy atom. The molecule has 5 nitrogen and oxygen atoms in total. The van der Waals surface area contributed by atoms with Gasteiger partial charge in [-0.25, -0.2) is 4.31 Å². The molecule has 0 radical (unpaired) electrons. The molecule has 0 bridgehead atoms. The van der Waals surface area contributed by atoms with E-state index in [9.17, 15) is 0 Å². The normalized spacial score (nSPS) is 41.2. The van der Waals surface area contributed by atoms with Gasteiger partial charge in [-0.2, -0.15) is 0 Å². The fourth-order valence-electron chi connectivity index (χ4n) is 3.54. The first-order valence-electron chi connectivity index (χ1n) is 8.77. The molecule has 0 saturated carbocycles. The standard InChI is InChI=1S/C16H32O5P2S2/c1-11(2)13-15(5,6)9-17-22(24,19-13)21-23(25)18-10-16(7,8)14(20-23)12(3)4/h11-14H,9-10H2,1-8H3. The molecule has 2 rings (SSSR count). The molecule has 0 aromatic heterocycles. The molecule has 0 aromatic carbocycles. The van der Waals surface area contributed by atoms with Gasteiger partial charge in [0, 0.05) is 10.8 Å². The van der Waals surface area contributed by atoms with E-state index in [0.29, 0.717) is 25.0 Å². The third-order valence-electron chi connectivity index (χ3n) is 4.63. The van der Waals surface area contributed by atoms with Crippen molar-refractivity contribution in [1.29, 1.82) is 0 Å². The van der Waals surface area contributed by atoms with Crippen LogP contribution in [0.1, 0.15) is 55.4 Å². The Kier molecular flexibility index (Phi) is 6.71. The summed E-state index contributed by atoms with van der Waals surface area (Å²) in [5.74, 6) is 0.583. The van der Waals surface area contributed by atoms with E-state index in [0.717, 1.165) is 0 Å². The molecule has 4 atom stereocenters. The first-order valence-corrected chi connectivity index (χ1v) is 13.9. The Morgan fingerprint density at radius 3 is 1.40 bits per heavy atom. The van der Waals surface area contributed by atoms with Gasteiger partial charge in [-0.3, -0.25) is 0 Å². The van der Waals surface area contributed by atoms with Crippen molar-refractivity contribution in [3.63, 3.8) is 0 Å². The van der Waals surface area contributed by atoms with E-state index in [1.54, 1.807) is 0 Å². The van der Waals surface area contributed by atoms with Gasteiger partial charge in [-0.05, 0) is 35.4 Å². The van der Waals surface area contributed by atoms with Crippen LogP contribution in [0, 0.1) is 22.7 Å². The van der Waals surface area contributed by atoms with Crippen molar-refractivity contribution in [1.82, 2.24) is 0 Å². The molecular weight excluding hydrogens is 398 g/mol. The number of hydrogen-bond acceptors (Lipinski definition) is 7. The van der Waals surface area contributed by atoms with Gasteiger partial charge in [-0.1, -0.05) is 55.4 Å². The molecule has 9 heteroatoms. The molecule has 2 fully saturated rings. The van der Waals surface area contributed by atoms with E-state index in [2.05, 4.69) is 55.4 Å². The largest absolute Gasteiger partial charge is 0.334 e. The van der Waals surface area contributed by atoms with Crippen molar-refractivity contribution in [2.75, 3.05) is 13.2 Å². The quantitative estimate of drug-likeness (QED) is 0.534. The molecule has 0 aliphatic carbocycles. The first-order chi connectivity index (χ1) is 11.2. The minimum absolute atomic E-state index is 0.0594. The summed E-state index contributed by atoms with van der Waals surface area (Å²) in [5, 5.41) is 0. The van der Waals surface area contributed by atoms with E-state index < -0.39 is 13.4 Å². The molecule has 0 amide bonds. The fraction of sp³-hybridized carbons (Fsp3) is 1.00. The van der Waals surface area contributed by atoms with Gasteiger partial charge in [0.1, 0.15) is 0 Å². The van der Waals surface area contributed by atoms with E-state index >= 15 is 0 Å². The summed E-state index contributed by atoms with van der Waals surface area (Å²) >= 11 is 11.2. The van der Waals surface area contributed by atoms with Crippen LogP contribution in [-0.4, -0.2) is 25.4 Å². The maximum atomic E-state index is 6.15. The molecule has 2 saturated heterocycles. The van der Waals surface area contributed by atoms with E-state index in [4.69, 9.17) is 46.0 Å². The van der Waals surface area contributed by atoms with Crippen molar-refractivity contribution in [3.8, 4) is 0 Å². The maximum Gasteiger partial charge on any atom is 0.334 e. The Bertz CT molecular complexity index is 541. The summed E-state index contributed by atoms with van der Waals surface area (Å²) in [7, 11) is 0. The van der Waals surface area contributed by atoms with Crippen molar-refractivity contribution in [2.24, 2.45) is 22.7 Å². The lowest BCUT2D eigenvalue weighted by atomic mass is 9.81. The monoisotopic (exact) mass is 430 g/mol. The van der Waals surface area contributed by atoms with E-state index in [1.165, 1.54) is 0 Å². The van der Waals surface area contributed by atoms with Gasteiger partial charge in [-0.15, -0.1) is 0 Å². The number of rotatable bonds is 4. The van der Waals surface area contributed by atoms with Gasteiger partial charge >= 0.3 is 13.4 Å². The average molecular weight is 431 g/mol. The van der Waals surface area contributed by atoms with Crippen LogP contribution in [-0.2, 0) is 46.0 Å². The van der Waals surface area contributed by atoms with E-state index in [1.807, 2.05) is 0 Å². The van der Waals surface area contributed by atoms with Crippen LogP contribution in [0.25, 0.3) is 0 Å². The lowest BCUT2D eigenvalue weighted by Gasteiger charge is -2.48. The molecular formula is C16H32O5P2S2. The zero-order chi connectivity index (χ0) is 19.3. The van der Waals surface area contributed by atoms with Crippen molar-refractivity contribution in [2.45, 2.75) is 67.6 Å². The molecule has 4 unspecified atom stereocenters. The predicted molar refractivity (Wildman–Crippen MR) is 109 cm³/mol. The molecule has 2 heterocycles. The van der Waals surface area contributed by atoms with Crippen molar-refractivity contribution >= 4 is 37.1 Å². The van der Waals surface area contributed by atoms with Crippen molar-refractivity contribution in [3.05, 3.63) is 0 Å². The second-order valence-electron chi connectivity index (χ2n) is 9.04. The molecule has 148 valence electrons. The summed E-state index contributed by atoms with van der Waals surface area (Å²) in [5.41, 5.74) is -0.271. The summed E-state index contributed by atoms with van der Waals surface area (Å²) in [4.78, 5) is 0. The Labute approximate surface area is 163 Å². The third-order valence-corrected chi connectivity index (χ3v) is 10.4. The molecule has 0 aromatic rings. The van der Waals surface area contributed by atoms with Crippen LogP contribution in [0.2, 0.25) is 0 Å². The maximum absolute atomic E-state index is 6.15. The van der Waals surface area contributed by atoms with Crippen LogP contribution in [0.3, 0.4) is 0 Å². The van der Waals surface area contributed by atoms with Crippen LogP contribution >= 0.6 is 13.4 Å². The summed E-state index contributed by atoms with van der Waals surface area (Å²) < 4.78 is 30.0. The van der Waals surface area contributed by atoms with Gasteiger partial charge in [0.05, 0.1) is 25.4 Å². The lowest BCUT2D eigenvalue weighted by molar-refractivity contribution is -0.0664. The van der Waals surface area contributed by atoms with Crippen LogP contribution in [0.15, 0.2) is 0 Å². The lowest BCUT2D eigenvalue weighted by Crippen LogP contribution is -2.44. The fourth-order valence-corrected chi connectivity index (χ4v) is 10.8. The van der Waals surface area contributed by atoms with Crippen LogP contribution < -0.4 is 0 Å². The Morgan fingerprint density at radius 1 is 0.800 bits per heavy atom. The Hall–Kier alpha value is 1.10. The van der Waals surface area contributed by atoms with Crippen LogP contribution in [0.4, 0.5) is 0 Å². The van der Waals surface area contributed by atoms with Crippen LogP contribution in [0.5, 0.6) is 0 Å². The molecule has 2 aliphatic rings. The highest BCUT2D eigenvalue weighted by Gasteiger charge is 2.50. The van der Waals surface area contributed by atoms with Gasteiger partial charge in [0.2, 0.25) is 0 Å². The molecule has 2 aliphatic heterocycles. The van der Waals surface area contributed by atoms with Crippen molar-refractivity contribution < 1.29 is 22.4 Å². The summed E-state index contributed by atoms with van der Waals surface area (Å²) in [6.45, 7) is 11.8. The first kappa shape index (κ1) is 22.4. The SMILES string of the molecule is CC(C)C1OP(=S)(OP2(=S)OCC(C)(C)C(C(C)C)O2)OCC1(C)C. The minimum Gasteiger partial charge on any atom is -0.308 e. The molecule has 0 N–H and O–H groups in total. The van der Waals surface area contributed by atoms with Gasteiger partial charge in [0.25, 0.3) is 0 Å². The second kappa shape index (κ2) is 7.50. The smallest absolute Gasteiger partial charge is 0.308 e.